The molecule has 0 heterocycles. The van der Waals surface area contributed by atoms with Gasteiger partial charge >= 0.3 is 6.18 Å². The Morgan fingerprint density at radius 2 is 1.72 bits per heavy atom. The van der Waals surface area contributed by atoms with Crippen LogP contribution < -0.4 is 0 Å². The molecule has 3 nitrogen and oxygen atoms in total. The molecule has 0 bridgehead atoms. The standard InChI is InChI=1S/C16H14BrF4NO2S/c1-25(23,24)22(10-12-7-8-13(17)9-14(12)18)15(16(19,20)21)11-5-3-2-4-6-11/h2-9,15H,10H2,1H3. The van der Waals surface area contributed by atoms with Crippen molar-refractivity contribution in [3.8, 4) is 0 Å². The first-order chi connectivity index (χ1) is 11.5. The minimum absolute atomic E-state index is 0.154. The summed E-state index contributed by atoms with van der Waals surface area (Å²) in [7, 11) is -4.29. The lowest BCUT2D eigenvalue weighted by Gasteiger charge is -2.31. The van der Waals surface area contributed by atoms with Crippen molar-refractivity contribution in [1.82, 2.24) is 4.31 Å². The Bertz CT molecular complexity index is 841. The van der Waals surface area contributed by atoms with Gasteiger partial charge in [0.05, 0.1) is 6.26 Å². The van der Waals surface area contributed by atoms with Gasteiger partial charge in [0.25, 0.3) is 0 Å². The highest BCUT2D eigenvalue weighted by atomic mass is 79.9. The minimum atomic E-state index is -4.86. The van der Waals surface area contributed by atoms with Crippen LogP contribution in [0.15, 0.2) is 53.0 Å². The molecule has 25 heavy (non-hydrogen) atoms. The molecule has 2 aromatic rings. The van der Waals surface area contributed by atoms with Crippen LogP contribution in [-0.2, 0) is 16.6 Å². The molecule has 0 saturated carbocycles. The zero-order valence-electron chi connectivity index (χ0n) is 13.0. The van der Waals surface area contributed by atoms with Crippen LogP contribution >= 0.6 is 15.9 Å². The van der Waals surface area contributed by atoms with Crippen molar-refractivity contribution >= 4 is 26.0 Å². The summed E-state index contributed by atoms with van der Waals surface area (Å²) in [5.41, 5.74) is -0.392. The maximum absolute atomic E-state index is 14.0. The van der Waals surface area contributed by atoms with E-state index in [0.717, 1.165) is 6.07 Å². The van der Waals surface area contributed by atoms with Crippen molar-refractivity contribution in [2.75, 3.05) is 6.26 Å². The monoisotopic (exact) mass is 439 g/mol. The summed E-state index contributed by atoms with van der Waals surface area (Å²) in [6.45, 7) is -0.739. The number of benzene rings is 2. The highest BCUT2D eigenvalue weighted by molar-refractivity contribution is 9.10. The van der Waals surface area contributed by atoms with E-state index in [9.17, 15) is 26.0 Å². The molecule has 1 atom stereocenters. The van der Waals surface area contributed by atoms with Gasteiger partial charge in [-0.3, -0.25) is 0 Å². The number of alkyl halides is 3. The molecule has 0 radical (unpaired) electrons. The Hall–Kier alpha value is -1.45. The van der Waals surface area contributed by atoms with Crippen molar-refractivity contribution < 1.29 is 26.0 Å². The Balaban J connectivity index is 2.54. The van der Waals surface area contributed by atoms with Gasteiger partial charge in [-0.1, -0.05) is 52.3 Å². The van der Waals surface area contributed by atoms with Crippen molar-refractivity contribution in [2.24, 2.45) is 0 Å². The van der Waals surface area contributed by atoms with E-state index < -0.39 is 34.6 Å². The molecule has 0 aliphatic heterocycles. The fourth-order valence-corrected chi connectivity index (χ4v) is 3.70. The Kier molecular flexibility index (Phi) is 5.90. The van der Waals surface area contributed by atoms with Crippen molar-refractivity contribution in [3.63, 3.8) is 0 Å². The van der Waals surface area contributed by atoms with E-state index in [2.05, 4.69) is 15.9 Å². The van der Waals surface area contributed by atoms with E-state index in [1.807, 2.05) is 0 Å². The SMILES string of the molecule is CS(=O)(=O)N(Cc1ccc(Br)cc1F)C(c1ccccc1)C(F)(F)F. The van der Waals surface area contributed by atoms with Gasteiger partial charge in [-0.25, -0.2) is 12.8 Å². The minimum Gasteiger partial charge on any atom is -0.212 e. The molecule has 0 N–H and O–H groups in total. The third-order valence-electron chi connectivity index (χ3n) is 3.48. The van der Waals surface area contributed by atoms with Crippen LogP contribution in [0.2, 0.25) is 0 Å². The van der Waals surface area contributed by atoms with Gasteiger partial charge in [0.2, 0.25) is 10.0 Å². The second kappa shape index (κ2) is 7.43. The molecular weight excluding hydrogens is 426 g/mol. The molecular formula is C16H14BrF4NO2S. The van der Waals surface area contributed by atoms with Gasteiger partial charge in [0, 0.05) is 16.6 Å². The number of nitrogens with zero attached hydrogens (tertiary/aromatic N) is 1. The normalized spacial score (nSPS) is 13.9. The predicted molar refractivity (Wildman–Crippen MR) is 89.7 cm³/mol. The third-order valence-corrected chi connectivity index (χ3v) is 5.17. The van der Waals surface area contributed by atoms with E-state index in [-0.39, 0.29) is 15.4 Å². The second-order valence-corrected chi connectivity index (χ2v) is 8.25. The first-order valence-electron chi connectivity index (χ1n) is 7.02. The highest BCUT2D eigenvalue weighted by Crippen LogP contribution is 2.40. The molecule has 0 saturated heterocycles. The fourth-order valence-electron chi connectivity index (χ4n) is 2.37. The number of hydrogen-bond donors (Lipinski definition) is 0. The van der Waals surface area contributed by atoms with Crippen LogP contribution in [0.3, 0.4) is 0 Å². The second-order valence-electron chi connectivity index (χ2n) is 5.40. The smallest absolute Gasteiger partial charge is 0.212 e. The van der Waals surface area contributed by atoms with E-state index >= 15 is 0 Å². The lowest BCUT2D eigenvalue weighted by atomic mass is 10.1. The molecule has 1 unspecified atom stereocenters. The number of rotatable bonds is 5. The number of hydrogen-bond acceptors (Lipinski definition) is 2. The van der Waals surface area contributed by atoms with Crippen molar-refractivity contribution in [2.45, 2.75) is 18.8 Å². The summed E-state index contributed by atoms with van der Waals surface area (Å²) in [4.78, 5) is 0. The Morgan fingerprint density at radius 1 is 1.12 bits per heavy atom. The van der Waals surface area contributed by atoms with Crippen LogP contribution in [-0.4, -0.2) is 25.2 Å². The predicted octanol–water partition coefficient (Wildman–Crippen LogP) is 4.65. The molecule has 0 aliphatic carbocycles. The topological polar surface area (TPSA) is 37.4 Å². The Morgan fingerprint density at radius 3 is 2.20 bits per heavy atom. The average Bonchev–Trinajstić information content (AvgIpc) is 2.47. The van der Waals surface area contributed by atoms with Crippen molar-refractivity contribution in [3.05, 3.63) is 69.9 Å². The Labute approximate surface area is 151 Å². The van der Waals surface area contributed by atoms with Gasteiger partial charge in [-0.2, -0.15) is 17.5 Å². The largest absolute Gasteiger partial charge is 0.409 e. The van der Waals surface area contributed by atoms with Crippen LogP contribution in [0.25, 0.3) is 0 Å². The summed E-state index contributed by atoms with van der Waals surface area (Å²) < 4.78 is 79.8. The fraction of sp³-hybridized carbons (Fsp3) is 0.250. The molecule has 0 spiro atoms. The average molecular weight is 440 g/mol. The summed E-state index contributed by atoms with van der Waals surface area (Å²) >= 11 is 3.05. The third kappa shape index (κ3) is 5.02. The van der Waals surface area contributed by atoms with Gasteiger partial charge in [0.1, 0.15) is 11.9 Å². The molecule has 0 fully saturated rings. The molecule has 136 valence electrons. The zero-order chi connectivity index (χ0) is 18.8. The first kappa shape index (κ1) is 19.9. The molecule has 2 aromatic carbocycles. The highest BCUT2D eigenvalue weighted by Gasteiger charge is 2.48. The molecule has 9 heteroatoms. The van der Waals surface area contributed by atoms with Crippen LogP contribution in [0, 0.1) is 5.82 Å². The summed E-state index contributed by atoms with van der Waals surface area (Å²) in [5.74, 6) is -0.794. The summed E-state index contributed by atoms with van der Waals surface area (Å²) in [6.07, 6.45) is -4.19. The van der Waals surface area contributed by atoms with Gasteiger partial charge in [-0.15, -0.1) is 0 Å². The molecule has 0 amide bonds. The number of halogens is 5. The quantitative estimate of drug-likeness (QED) is 0.635. The molecule has 0 aliphatic rings. The first-order valence-corrected chi connectivity index (χ1v) is 9.66. The van der Waals surface area contributed by atoms with Gasteiger partial charge < -0.3 is 0 Å². The van der Waals surface area contributed by atoms with E-state index in [0.29, 0.717) is 10.7 Å². The number of sulfonamides is 1. The lowest BCUT2D eigenvalue weighted by molar-refractivity contribution is -0.174. The van der Waals surface area contributed by atoms with Crippen molar-refractivity contribution in [1.29, 1.82) is 0 Å². The summed E-state index contributed by atoms with van der Waals surface area (Å²) in [5, 5.41) is 0. The molecule has 0 aromatic heterocycles. The zero-order valence-corrected chi connectivity index (χ0v) is 15.4. The van der Waals surface area contributed by atoms with E-state index in [1.54, 1.807) is 0 Å². The molecule has 2 rings (SSSR count). The maximum atomic E-state index is 14.0. The van der Waals surface area contributed by atoms with Crippen LogP contribution in [0.4, 0.5) is 17.6 Å². The van der Waals surface area contributed by atoms with Crippen LogP contribution in [0.1, 0.15) is 17.2 Å². The lowest BCUT2D eigenvalue weighted by Crippen LogP contribution is -2.41. The van der Waals surface area contributed by atoms with E-state index in [4.69, 9.17) is 0 Å². The summed E-state index contributed by atoms with van der Waals surface area (Å²) in [6, 6.07) is 8.01. The van der Waals surface area contributed by atoms with Gasteiger partial charge in [-0.05, 0) is 17.7 Å². The van der Waals surface area contributed by atoms with Gasteiger partial charge in [0.15, 0.2) is 0 Å². The maximum Gasteiger partial charge on any atom is 0.409 e. The van der Waals surface area contributed by atoms with E-state index in [1.165, 1.54) is 42.5 Å². The van der Waals surface area contributed by atoms with Crippen LogP contribution in [0.5, 0.6) is 0 Å².